The molecular formula is C19H24N6O. The summed E-state index contributed by atoms with van der Waals surface area (Å²) in [6.07, 6.45) is 0.968. The lowest BCUT2D eigenvalue weighted by Gasteiger charge is -2.16. The molecule has 136 valence electrons. The number of ether oxygens (including phenoxy) is 1. The first kappa shape index (κ1) is 16.8. The SMILES string of the molecule is CCOc1ccc(-n2nc3c(N4CC[C@H](N)C4)nnc(C)c3c2C)cc1. The molecule has 1 aromatic carbocycles. The standard InChI is InChI=1S/C19H24N6O/c1-4-26-16-7-5-15(6-8-16)25-13(3)17-12(2)21-22-19(18(17)23-25)24-10-9-14(20)11-24/h5-8,14H,4,9-11,20H2,1-3H3/t14-/m0/s1. The molecule has 2 N–H and O–H groups in total. The van der Waals surface area contributed by atoms with Gasteiger partial charge in [0, 0.05) is 19.1 Å². The lowest BCUT2D eigenvalue weighted by atomic mass is 10.2. The molecule has 1 saturated heterocycles. The van der Waals surface area contributed by atoms with Gasteiger partial charge in [-0.05, 0) is 51.5 Å². The van der Waals surface area contributed by atoms with E-state index in [2.05, 4.69) is 22.0 Å². The Balaban J connectivity index is 1.81. The fraction of sp³-hybridized carbons (Fsp3) is 0.421. The second kappa shape index (κ2) is 6.57. The zero-order valence-corrected chi connectivity index (χ0v) is 15.4. The second-order valence-electron chi connectivity index (χ2n) is 6.75. The van der Waals surface area contributed by atoms with E-state index in [1.807, 2.05) is 42.8 Å². The van der Waals surface area contributed by atoms with Crippen LogP contribution in [0.3, 0.4) is 0 Å². The highest BCUT2D eigenvalue weighted by Gasteiger charge is 2.25. The van der Waals surface area contributed by atoms with Crippen LogP contribution >= 0.6 is 0 Å². The molecule has 0 saturated carbocycles. The molecule has 0 radical (unpaired) electrons. The molecule has 0 unspecified atom stereocenters. The number of rotatable bonds is 4. The maximum absolute atomic E-state index is 6.07. The van der Waals surface area contributed by atoms with E-state index in [1.165, 1.54) is 0 Å². The fourth-order valence-corrected chi connectivity index (χ4v) is 3.61. The number of nitrogens with two attached hydrogens (primary N) is 1. The first-order valence-electron chi connectivity index (χ1n) is 9.05. The summed E-state index contributed by atoms with van der Waals surface area (Å²) in [5, 5.41) is 14.8. The minimum atomic E-state index is 0.183. The van der Waals surface area contributed by atoms with E-state index in [0.29, 0.717) is 6.61 Å². The number of nitrogens with zero attached hydrogens (tertiary/aromatic N) is 5. The van der Waals surface area contributed by atoms with Crippen molar-refractivity contribution in [1.82, 2.24) is 20.0 Å². The van der Waals surface area contributed by atoms with Gasteiger partial charge in [0.25, 0.3) is 0 Å². The van der Waals surface area contributed by atoms with Gasteiger partial charge in [0.1, 0.15) is 11.3 Å². The molecule has 7 nitrogen and oxygen atoms in total. The minimum Gasteiger partial charge on any atom is -0.494 e. The maximum atomic E-state index is 6.07. The molecule has 0 spiro atoms. The van der Waals surface area contributed by atoms with E-state index in [4.69, 9.17) is 15.6 Å². The van der Waals surface area contributed by atoms with Crippen molar-refractivity contribution in [3.63, 3.8) is 0 Å². The zero-order chi connectivity index (χ0) is 18.3. The second-order valence-corrected chi connectivity index (χ2v) is 6.75. The third kappa shape index (κ3) is 2.78. The highest BCUT2D eigenvalue weighted by Crippen LogP contribution is 2.31. The van der Waals surface area contributed by atoms with Gasteiger partial charge in [0.15, 0.2) is 5.82 Å². The minimum absolute atomic E-state index is 0.183. The van der Waals surface area contributed by atoms with Gasteiger partial charge < -0.3 is 15.4 Å². The van der Waals surface area contributed by atoms with Gasteiger partial charge in [0.05, 0.1) is 29.1 Å². The van der Waals surface area contributed by atoms with E-state index in [-0.39, 0.29) is 6.04 Å². The number of hydrogen-bond donors (Lipinski definition) is 1. The number of anilines is 1. The summed E-state index contributed by atoms with van der Waals surface area (Å²) in [5.74, 6) is 1.68. The van der Waals surface area contributed by atoms with Crippen LogP contribution in [0.4, 0.5) is 5.82 Å². The molecule has 3 heterocycles. The summed E-state index contributed by atoms with van der Waals surface area (Å²) in [7, 11) is 0. The van der Waals surface area contributed by atoms with Crippen LogP contribution < -0.4 is 15.4 Å². The third-order valence-electron chi connectivity index (χ3n) is 4.90. The van der Waals surface area contributed by atoms with Crippen molar-refractivity contribution in [3.8, 4) is 11.4 Å². The zero-order valence-electron chi connectivity index (χ0n) is 15.4. The summed E-state index contributed by atoms with van der Waals surface area (Å²) >= 11 is 0. The smallest absolute Gasteiger partial charge is 0.179 e. The van der Waals surface area contributed by atoms with Crippen LogP contribution in [0.1, 0.15) is 24.7 Å². The van der Waals surface area contributed by atoms with Crippen LogP contribution in [0, 0.1) is 13.8 Å². The summed E-state index contributed by atoms with van der Waals surface area (Å²) in [6, 6.07) is 8.15. The normalized spacial score (nSPS) is 17.2. The number of aromatic nitrogens is 4. The van der Waals surface area contributed by atoms with Crippen molar-refractivity contribution in [2.45, 2.75) is 33.2 Å². The lowest BCUT2D eigenvalue weighted by Crippen LogP contribution is -2.27. The van der Waals surface area contributed by atoms with Crippen molar-refractivity contribution in [1.29, 1.82) is 0 Å². The summed E-state index contributed by atoms with van der Waals surface area (Å²) < 4.78 is 7.49. The van der Waals surface area contributed by atoms with E-state index in [1.54, 1.807) is 0 Å². The molecule has 1 aliphatic rings. The van der Waals surface area contributed by atoms with Gasteiger partial charge in [0.2, 0.25) is 0 Å². The highest BCUT2D eigenvalue weighted by atomic mass is 16.5. The van der Waals surface area contributed by atoms with Gasteiger partial charge >= 0.3 is 0 Å². The van der Waals surface area contributed by atoms with Crippen LogP contribution in [0.25, 0.3) is 16.6 Å². The topological polar surface area (TPSA) is 82.1 Å². The highest BCUT2D eigenvalue weighted by molar-refractivity contribution is 5.92. The van der Waals surface area contributed by atoms with E-state index in [9.17, 15) is 0 Å². The van der Waals surface area contributed by atoms with Crippen molar-refractivity contribution in [3.05, 3.63) is 35.7 Å². The summed E-state index contributed by atoms with van der Waals surface area (Å²) in [4.78, 5) is 2.19. The Kier molecular flexibility index (Phi) is 4.24. The van der Waals surface area contributed by atoms with Crippen LogP contribution in [-0.2, 0) is 0 Å². The Bertz CT molecular complexity index is 933. The quantitative estimate of drug-likeness (QED) is 0.776. The molecule has 4 rings (SSSR count). The predicted molar refractivity (Wildman–Crippen MR) is 102 cm³/mol. The Labute approximate surface area is 152 Å². The van der Waals surface area contributed by atoms with Gasteiger partial charge in [-0.3, -0.25) is 0 Å². The van der Waals surface area contributed by atoms with Crippen molar-refractivity contribution >= 4 is 16.7 Å². The third-order valence-corrected chi connectivity index (χ3v) is 4.90. The molecule has 2 aromatic heterocycles. The molecule has 26 heavy (non-hydrogen) atoms. The molecule has 0 aliphatic carbocycles. The molecule has 0 amide bonds. The van der Waals surface area contributed by atoms with Gasteiger partial charge in [-0.2, -0.15) is 10.2 Å². The van der Waals surface area contributed by atoms with Crippen molar-refractivity contribution in [2.75, 3.05) is 24.6 Å². The summed E-state index contributed by atoms with van der Waals surface area (Å²) in [5.41, 5.74) is 9.90. The molecule has 1 aliphatic heterocycles. The fourth-order valence-electron chi connectivity index (χ4n) is 3.61. The lowest BCUT2D eigenvalue weighted by molar-refractivity contribution is 0.340. The van der Waals surface area contributed by atoms with Crippen molar-refractivity contribution in [2.24, 2.45) is 5.73 Å². The number of benzene rings is 1. The molecule has 7 heteroatoms. The Morgan fingerprint density at radius 2 is 1.96 bits per heavy atom. The number of hydrogen-bond acceptors (Lipinski definition) is 6. The number of aryl methyl sites for hydroxylation is 2. The predicted octanol–water partition coefficient (Wildman–Crippen LogP) is 2.37. The first-order valence-corrected chi connectivity index (χ1v) is 9.05. The molecular weight excluding hydrogens is 328 g/mol. The van der Waals surface area contributed by atoms with Crippen LogP contribution in [-0.4, -0.2) is 45.7 Å². The van der Waals surface area contributed by atoms with Gasteiger partial charge in [-0.25, -0.2) is 4.68 Å². The van der Waals surface area contributed by atoms with Gasteiger partial charge in [-0.15, -0.1) is 5.10 Å². The first-order chi connectivity index (χ1) is 12.6. The molecule has 0 bridgehead atoms. The van der Waals surface area contributed by atoms with Crippen LogP contribution in [0.2, 0.25) is 0 Å². The Hall–Kier alpha value is -2.67. The monoisotopic (exact) mass is 352 g/mol. The average molecular weight is 352 g/mol. The average Bonchev–Trinajstić information content (AvgIpc) is 3.21. The van der Waals surface area contributed by atoms with Gasteiger partial charge in [-0.1, -0.05) is 0 Å². The molecule has 1 fully saturated rings. The summed E-state index contributed by atoms with van der Waals surface area (Å²) in [6.45, 7) is 8.37. The largest absolute Gasteiger partial charge is 0.494 e. The Morgan fingerprint density at radius 1 is 1.19 bits per heavy atom. The van der Waals surface area contributed by atoms with Crippen molar-refractivity contribution < 1.29 is 4.74 Å². The molecule has 3 aromatic rings. The number of fused-ring (bicyclic) bond motifs is 1. The maximum Gasteiger partial charge on any atom is 0.179 e. The van der Waals surface area contributed by atoms with Crippen LogP contribution in [0.5, 0.6) is 5.75 Å². The van der Waals surface area contributed by atoms with E-state index < -0.39 is 0 Å². The molecule has 1 atom stereocenters. The Morgan fingerprint density at radius 3 is 2.62 bits per heavy atom. The van der Waals surface area contributed by atoms with Crippen LogP contribution in [0.15, 0.2) is 24.3 Å². The van der Waals surface area contributed by atoms with E-state index in [0.717, 1.165) is 59.1 Å². The van der Waals surface area contributed by atoms with E-state index >= 15 is 0 Å².